The summed E-state index contributed by atoms with van der Waals surface area (Å²) in [5.74, 6) is -0.00500. The lowest BCUT2D eigenvalue weighted by atomic mass is 10.1. The molecule has 1 saturated carbocycles. The molecule has 0 radical (unpaired) electrons. The van der Waals surface area contributed by atoms with E-state index in [2.05, 4.69) is 0 Å². The summed E-state index contributed by atoms with van der Waals surface area (Å²) in [6, 6.07) is 9.89. The fraction of sp³-hybridized carbons (Fsp3) is 0.300. The Hall–Kier alpha value is -1.35. The average molecular weight is 177 g/mol. The van der Waals surface area contributed by atoms with Crippen LogP contribution in [0.3, 0.4) is 0 Å². The lowest BCUT2D eigenvalue weighted by Gasteiger charge is -1.98. The van der Waals surface area contributed by atoms with E-state index in [-0.39, 0.29) is 11.8 Å². The third-order valence-corrected chi connectivity index (χ3v) is 2.47. The van der Waals surface area contributed by atoms with Gasteiger partial charge in [-0.1, -0.05) is 30.3 Å². The van der Waals surface area contributed by atoms with Crippen molar-refractivity contribution in [2.75, 3.05) is 0 Å². The van der Waals surface area contributed by atoms with Gasteiger partial charge in [-0.2, -0.15) is 0 Å². The number of hydrogen-bond donors (Lipinski definition) is 2. The largest absolute Gasteiger partial charge is 0.289 e. The van der Waals surface area contributed by atoms with Crippen molar-refractivity contribution in [1.29, 1.82) is 0 Å². The molecular formula is C10H11NO2. The topological polar surface area (TPSA) is 49.3 Å². The Morgan fingerprint density at radius 1 is 1.38 bits per heavy atom. The second kappa shape index (κ2) is 3.18. The van der Waals surface area contributed by atoms with E-state index in [0.717, 1.165) is 6.42 Å². The first-order valence-electron chi connectivity index (χ1n) is 4.32. The summed E-state index contributed by atoms with van der Waals surface area (Å²) in [5, 5.41) is 8.41. The molecule has 2 unspecified atom stereocenters. The molecule has 1 aliphatic rings. The Bertz CT molecular complexity index is 310. The Morgan fingerprint density at radius 2 is 2.08 bits per heavy atom. The van der Waals surface area contributed by atoms with Gasteiger partial charge in [0.25, 0.3) is 0 Å². The van der Waals surface area contributed by atoms with E-state index in [1.165, 1.54) is 5.56 Å². The van der Waals surface area contributed by atoms with Crippen LogP contribution in [0.25, 0.3) is 0 Å². The van der Waals surface area contributed by atoms with Crippen LogP contribution in [0.2, 0.25) is 0 Å². The van der Waals surface area contributed by atoms with Gasteiger partial charge in [-0.3, -0.25) is 10.0 Å². The van der Waals surface area contributed by atoms with E-state index in [4.69, 9.17) is 5.21 Å². The summed E-state index contributed by atoms with van der Waals surface area (Å²) >= 11 is 0. The summed E-state index contributed by atoms with van der Waals surface area (Å²) in [5.41, 5.74) is 2.86. The quantitative estimate of drug-likeness (QED) is 0.528. The Balaban J connectivity index is 2.04. The summed E-state index contributed by atoms with van der Waals surface area (Å²) in [4.78, 5) is 11.0. The number of rotatable bonds is 2. The van der Waals surface area contributed by atoms with Gasteiger partial charge in [-0.25, -0.2) is 5.48 Å². The monoisotopic (exact) mass is 177 g/mol. The van der Waals surface area contributed by atoms with Crippen molar-refractivity contribution in [3.8, 4) is 0 Å². The van der Waals surface area contributed by atoms with Crippen LogP contribution >= 0.6 is 0 Å². The Kier molecular flexibility index (Phi) is 2.02. The zero-order valence-electron chi connectivity index (χ0n) is 7.10. The van der Waals surface area contributed by atoms with Gasteiger partial charge in [-0.15, -0.1) is 0 Å². The molecule has 1 amide bonds. The molecule has 13 heavy (non-hydrogen) atoms. The molecule has 3 heteroatoms. The molecule has 0 aliphatic heterocycles. The number of nitrogens with one attached hydrogen (secondary N) is 1. The minimum absolute atomic E-state index is 0.0348. The zero-order valence-corrected chi connectivity index (χ0v) is 7.10. The molecule has 2 N–H and O–H groups in total. The molecule has 68 valence electrons. The molecule has 1 aromatic carbocycles. The van der Waals surface area contributed by atoms with Crippen LogP contribution in [0.5, 0.6) is 0 Å². The van der Waals surface area contributed by atoms with Crippen LogP contribution in [0.4, 0.5) is 0 Å². The molecule has 3 nitrogen and oxygen atoms in total. The zero-order chi connectivity index (χ0) is 9.26. The van der Waals surface area contributed by atoms with Gasteiger partial charge in [0.15, 0.2) is 0 Å². The third-order valence-electron chi connectivity index (χ3n) is 2.47. The highest BCUT2D eigenvalue weighted by Gasteiger charge is 2.43. The van der Waals surface area contributed by atoms with Gasteiger partial charge < -0.3 is 0 Å². The molecule has 1 aromatic rings. The molecule has 0 spiro atoms. The SMILES string of the molecule is O=C(NO)C1CC1c1ccccc1. The lowest BCUT2D eigenvalue weighted by molar-refractivity contribution is -0.130. The van der Waals surface area contributed by atoms with Crippen LogP contribution < -0.4 is 5.48 Å². The van der Waals surface area contributed by atoms with Crippen LogP contribution in [0, 0.1) is 5.92 Å². The van der Waals surface area contributed by atoms with Crippen molar-refractivity contribution < 1.29 is 10.0 Å². The molecule has 0 saturated heterocycles. The average Bonchev–Trinajstić information content (AvgIpc) is 2.98. The summed E-state index contributed by atoms with van der Waals surface area (Å²) in [7, 11) is 0. The molecule has 0 heterocycles. The second-order valence-corrected chi connectivity index (χ2v) is 3.34. The number of carbonyl (C=O) groups is 1. The van der Waals surface area contributed by atoms with E-state index in [9.17, 15) is 4.79 Å². The highest BCUT2D eigenvalue weighted by molar-refractivity contribution is 5.81. The second-order valence-electron chi connectivity index (χ2n) is 3.34. The number of amides is 1. The summed E-state index contributed by atoms with van der Waals surface area (Å²) < 4.78 is 0. The van der Waals surface area contributed by atoms with Gasteiger partial charge in [-0.05, 0) is 17.9 Å². The number of benzene rings is 1. The van der Waals surface area contributed by atoms with E-state index >= 15 is 0 Å². The first kappa shape index (κ1) is 8.26. The van der Waals surface area contributed by atoms with Gasteiger partial charge in [0, 0.05) is 5.92 Å². The number of hydroxylamine groups is 1. The van der Waals surface area contributed by atoms with E-state index < -0.39 is 0 Å². The van der Waals surface area contributed by atoms with Gasteiger partial charge in [0.2, 0.25) is 5.91 Å². The van der Waals surface area contributed by atoms with Crippen LogP contribution in [-0.2, 0) is 4.79 Å². The smallest absolute Gasteiger partial charge is 0.247 e. The first-order chi connectivity index (χ1) is 6.33. The fourth-order valence-electron chi connectivity index (χ4n) is 1.64. The molecule has 0 aromatic heterocycles. The van der Waals surface area contributed by atoms with Crippen molar-refractivity contribution >= 4 is 5.91 Å². The minimum atomic E-state index is -0.270. The standard InChI is InChI=1S/C10H11NO2/c12-10(11-13)9-6-8(9)7-4-2-1-3-5-7/h1-5,8-9,13H,6H2,(H,11,12). The predicted octanol–water partition coefficient (Wildman–Crippen LogP) is 1.30. The molecule has 2 rings (SSSR count). The van der Waals surface area contributed by atoms with E-state index in [1.54, 1.807) is 5.48 Å². The highest BCUT2D eigenvalue weighted by Crippen LogP contribution is 2.47. The maximum Gasteiger partial charge on any atom is 0.247 e. The Labute approximate surface area is 76.3 Å². The van der Waals surface area contributed by atoms with Crippen molar-refractivity contribution in [1.82, 2.24) is 5.48 Å². The van der Waals surface area contributed by atoms with Crippen LogP contribution in [-0.4, -0.2) is 11.1 Å². The van der Waals surface area contributed by atoms with Gasteiger partial charge in [0.05, 0.1) is 0 Å². The molecule has 2 atom stereocenters. The number of carbonyl (C=O) groups excluding carboxylic acids is 1. The molecule has 0 bridgehead atoms. The first-order valence-corrected chi connectivity index (χ1v) is 4.32. The van der Waals surface area contributed by atoms with Crippen molar-refractivity contribution in [2.24, 2.45) is 5.92 Å². The Morgan fingerprint density at radius 3 is 2.69 bits per heavy atom. The van der Waals surface area contributed by atoms with Gasteiger partial charge >= 0.3 is 0 Å². The minimum Gasteiger partial charge on any atom is -0.289 e. The maximum absolute atomic E-state index is 11.0. The van der Waals surface area contributed by atoms with E-state index in [0.29, 0.717) is 5.92 Å². The van der Waals surface area contributed by atoms with E-state index in [1.807, 2.05) is 30.3 Å². The van der Waals surface area contributed by atoms with Crippen molar-refractivity contribution in [3.05, 3.63) is 35.9 Å². The van der Waals surface area contributed by atoms with Gasteiger partial charge in [0.1, 0.15) is 0 Å². The highest BCUT2D eigenvalue weighted by atomic mass is 16.5. The molecule has 1 aliphatic carbocycles. The van der Waals surface area contributed by atoms with Crippen LogP contribution in [0.15, 0.2) is 30.3 Å². The lowest BCUT2D eigenvalue weighted by Crippen LogP contribution is -2.20. The molecule has 1 fully saturated rings. The van der Waals surface area contributed by atoms with Crippen LogP contribution in [0.1, 0.15) is 17.9 Å². The molecular weight excluding hydrogens is 166 g/mol. The van der Waals surface area contributed by atoms with Crippen molar-refractivity contribution in [2.45, 2.75) is 12.3 Å². The summed E-state index contributed by atoms with van der Waals surface area (Å²) in [6.45, 7) is 0. The predicted molar refractivity (Wildman–Crippen MR) is 47.2 cm³/mol. The van der Waals surface area contributed by atoms with Crippen molar-refractivity contribution in [3.63, 3.8) is 0 Å². The maximum atomic E-state index is 11.0. The third kappa shape index (κ3) is 1.55. The summed E-state index contributed by atoms with van der Waals surface area (Å²) in [6.07, 6.45) is 0.844. The normalized spacial score (nSPS) is 25.3. The number of hydrogen-bond acceptors (Lipinski definition) is 2. The fourth-order valence-corrected chi connectivity index (χ4v) is 1.64.